The Bertz CT molecular complexity index is 853. The van der Waals surface area contributed by atoms with E-state index >= 15 is 0 Å². The minimum absolute atomic E-state index is 0.179. The lowest BCUT2D eigenvalue weighted by Crippen LogP contribution is -2.60. The molecule has 5 nitrogen and oxygen atoms in total. The van der Waals surface area contributed by atoms with Crippen molar-refractivity contribution in [2.75, 3.05) is 11.9 Å². The quantitative estimate of drug-likeness (QED) is 0.756. The van der Waals surface area contributed by atoms with Gasteiger partial charge in [0.15, 0.2) is 0 Å². The van der Waals surface area contributed by atoms with Crippen LogP contribution in [-0.4, -0.2) is 33.3 Å². The summed E-state index contributed by atoms with van der Waals surface area (Å²) in [5.41, 5.74) is 6.46. The van der Waals surface area contributed by atoms with Crippen molar-refractivity contribution in [3.05, 3.63) is 30.1 Å². The highest BCUT2D eigenvalue weighted by Gasteiger charge is 2.58. The van der Waals surface area contributed by atoms with Gasteiger partial charge in [-0.25, -0.2) is 9.97 Å². The first-order chi connectivity index (χ1) is 13.0. The van der Waals surface area contributed by atoms with Crippen molar-refractivity contribution >= 4 is 16.7 Å². The maximum Gasteiger partial charge on any atom is 0.137 e. The third-order valence-electron chi connectivity index (χ3n) is 7.36. The minimum atomic E-state index is -0.432. The monoisotopic (exact) mass is 366 g/mol. The van der Waals surface area contributed by atoms with Crippen LogP contribution in [-0.2, 0) is 6.42 Å². The van der Waals surface area contributed by atoms with E-state index in [-0.39, 0.29) is 11.5 Å². The molecule has 2 aromatic rings. The third kappa shape index (κ3) is 2.92. The van der Waals surface area contributed by atoms with Crippen LogP contribution in [0.25, 0.3) is 10.9 Å². The molecule has 6 rings (SSSR count). The van der Waals surface area contributed by atoms with Gasteiger partial charge in [0.2, 0.25) is 0 Å². The number of hydrogen-bond donors (Lipinski definition) is 3. The zero-order valence-corrected chi connectivity index (χ0v) is 16.1. The number of aliphatic hydroxyl groups is 1. The van der Waals surface area contributed by atoms with Gasteiger partial charge >= 0.3 is 0 Å². The van der Waals surface area contributed by atoms with Crippen LogP contribution >= 0.6 is 0 Å². The van der Waals surface area contributed by atoms with Gasteiger partial charge in [-0.05, 0) is 81.4 Å². The predicted octanol–water partition coefficient (Wildman–Crippen LogP) is 3.26. The van der Waals surface area contributed by atoms with Gasteiger partial charge < -0.3 is 16.2 Å². The minimum Gasteiger partial charge on any atom is -0.390 e. The van der Waals surface area contributed by atoms with Crippen molar-refractivity contribution in [1.82, 2.24) is 9.97 Å². The number of nitrogens with one attached hydrogen (secondary N) is 1. The third-order valence-corrected chi connectivity index (χ3v) is 7.36. The SMILES string of the molecule is CC(Nc1nc(CCN)nc2ccccc12)C12CC3CC(CC(O)(C3)C1)C2. The molecular formula is C22H30N4O. The lowest BCUT2D eigenvalue weighted by atomic mass is 9.46. The fourth-order valence-electron chi connectivity index (χ4n) is 6.62. The van der Waals surface area contributed by atoms with Crippen LogP contribution in [0, 0.1) is 17.3 Å². The number of fused-ring (bicyclic) bond motifs is 1. The first kappa shape index (κ1) is 17.4. The van der Waals surface area contributed by atoms with Crippen molar-refractivity contribution < 1.29 is 5.11 Å². The predicted molar refractivity (Wildman–Crippen MR) is 107 cm³/mol. The smallest absolute Gasteiger partial charge is 0.137 e. The summed E-state index contributed by atoms with van der Waals surface area (Å²) in [6.07, 6.45) is 7.41. The highest BCUT2D eigenvalue weighted by Crippen LogP contribution is 2.63. The first-order valence-electron chi connectivity index (χ1n) is 10.4. The molecule has 1 heterocycles. The summed E-state index contributed by atoms with van der Waals surface area (Å²) in [5.74, 6) is 3.10. The van der Waals surface area contributed by atoms with Crippen molar-refractivity contribution in [2.45, 2.75) is 63.5 Å². The van der Waals surface area contributed by atoms with Crippen LogP contribution in [0.15, 0.2) is 24.3 Å². The molecule has 1 aromatic carbocycles. The average molecular weight is 367 g/mol. The molecule has 0 amide bonds. The van der Waals surface area contributed by atoms with Gasteiger partial charge in [0.25, 0.3) is 0 Å². The molecule has 27 heavy (non-hydrogen) atoms. The number of benzene rings is 1. The van der Waals surface area contributed by atoms with Crippen molar-refractivity contribution in [1.29, 1.82) is 0 Å². The summed E-state index contributed by atoms with van der Waals surface area (Å²) in [6, 6.07) is 8.46. The molecule has 4 N–H and O–H groups in total. The molecule has 0 spiro atoms. The molecule has 5 heteroatoms. The molecule has 4 bridgehead atoms. The molecule has 144 valence electrons. The molecule has 4 aliphatic rings. The maximum absolute atomic E-state index is 11.1. The highest BCUT2D eigenvalue weighted by atomic mass is 16.3. The molecule has 3 atom stereocenters. The van der Waals surface area contributed by atoms with Gasteiger partial charge in [-0.3, -0.25) is 0 Å². The second kappa shape index (κ2) is 6.14. The summed E-state index contributed by atoms with van der Waals surface area (Å²) in [4.78, 5) is 9.48. The van der Waals surface area contributed by atoms with Crippen LogP contribution in [0.4, 0.5) is 5.82 Å². The number of nitrogens with zero attached hydrogens (tertiary/aromatic N) is 2. The first-order valence-corrected chi connectivity index (χ1v) is 10.4. The van der Waals surface area contributed by atoms with E-state index in [0.29, 0.717) is 24.8 Å². The highest BCUT2D eigenvalue weighted by molar-refractivity contribution is 5.89. The maximum atomic E-state index is 11.1. The zero-order valence-electron chi connectivity index (χ0n) is 16.1. The Kier molecular flexibility index (Phi) is 3.96. The van der Waals surface area contributed by atoms with E-state index in [1.807, 2.05) is 18.2 Å². The number of para-hydroxylation sites is 1. The number of hydrogen-bond acceptors (Lipinski definition) is 5. The average Bonchev–Trinajstić information content (AvgIpc) is 2.60. The Morgan fingerprint density at radius 3 is 2.63 bits per heavy atom. The van der Waals surface area contributed by atoms with E-state index in [4.69, 9.17) is 10.7 Å². The van der Waals surface area contributed by atoms with Crippen molar-refractivity contribution in [2.24, 2.45) is 23.0 Å². The molecule has 4 aliphatic carbocycles. The van der Waals surface area contributed by atoms with Crippen LogP contribution in [0.5, 0.6) is 0 Å². The van der Waals surface area contributed by atoms with E-state index in [0.717, 1.165) is 41.8 Å². The second-order valence-electron chi connectivity index (χ2n) is 9.46. The Morgan fingerprint density at radius 2 is 1.93 bits per heavy atom. The van der Waals surface area contributed by atoms with E-state index in [1.165, 1.54) is 19.3 Å². The molecule has 0 saturated heterocycles. The van der Waals surface area contributed by atoms with E-state index in [2.05, 4.69) is 23.3 Å². The van der Waals surface area contributed by atoms with Gasteiger partial charge in [0.05, 0.1) is 11.1 Å². The van der Waals surface area contributed by atoms with Gasteiger partial charge in [-0.1, -0.05) is 12.1 Å². The molecule has 4 fully saturated rings. The van der Waals surface area contributed by atoms with Crippen LogP contribution in [0.1, 0.15) is 51.3 Å². The Balaban J connectivity index is 1.48. The fourth-order valence-corrected chi connectivity index (χ4v) is 6.62. The molecular weight excluding hydrogens is 336 g/mol. The Hall–Kier alpha value is -1.72. The molecule has 1 aromatic heterocycles. The normalized spacial score (nSPS) is 35.5. The Labute approximate surface area is 160 Å². The molecule has 3 unspecified atom stereocenters. The summed E-state index contributed by atoms with van der Waals surface area (Å²) >= 11 is 0. The van der Waals surface area contributed by atoms with Crippen LogP contribution in [0.2, 0.25) is 0 Å². The van der Waals surface area contributed by atoms with Crippen LogP contribution in [0.3, 0.4) is 0 Å². The molecule has 4 saturated carbocycles. The Morgan fingerprint density at radius 1 is 1.19 bits per heavy atom. The van der Waals surface area contributed by atoms with E-state index < -0.39 is 5.60 Å². The summed E-state index contributed by atoms with van der Waals surface area (Å²) in [6.45, 7) is 2.84. The van der Waals surface area contributed by atoms with Gasteiger partial charge in [0, 0.05) is 17.8 Å². The largest absolute Gasteiger partial charge is 0.390 e. The fraction of sp³-hybridized carbons (Fsp3) is 0.636. The zero-order chi connectivity index (χ0) is 18.6. The molecule has 0 aliphatic heterocycles. The number of anilines is 1. The lowest BCUT2D eigenvalue weighted by molar-refractivity contribution is -0.167. The second-order valence-corrected chi connectivity index (χ2v) is 9.46. The number of nitrogens with two attached hydrogens (primary N) is 1. The summed E-state index contributed by atoms with van der Waals surface area (Å²) in [5, 5.41) is 15.9. The van der Waals surface area contributed by atoms with Crippen molar-refractivity contribution in [3.8, 4) is 0 Å². The van der Waals surface area contributed by atoms with Gasteiger partial charge in [0.1, 0.15) is 11.6 Å². The number of rotatable bonds is 5. The van der Waals surface area contributed by atoms with E-state index in [1.54, 1.807) is 0 Å². The van der Waals surface area contributed by atoms with Crippen molar-refractivity contribution in [3.63, 3.8) is 0 Å². The topological polar surface area (TPSA) is 84.1 Å². The van der Waals surface area contributed by atoms with Gasteiger partial charge in [-0.2, -0.15) is 0 Å². The van der Waals surface area contributed by atoms with E-state index in [9.17, 15) is 5.11 Å². The molecule has 0 radical (unpaired) electrons. The summed E-state index contributed by atoms with van der Waals surface area (Å²) < 4.78 is 0. The standard InChI is InChI=1S/C22H30N4O/c1-14(21-9-15-8-16(10-21)12-22(27,11-15)13-21)24-20-17-4-2-3-5-18(17)25-19(26-20)6-7-23/h2-5,14-16,27H,6-13,23H2,1H3,(H,24,25,26). The number of aromatic nitrogens is 2. The summed E-state index contributed by atoms with van der Waals surface area (Å²) in [7, 11) is 0. The lowest BCUT2D eigenvalue weighted by Gasteiger charge is -2.62. The van der Waals surface area contributed by atoms with Crippen LogP contribution < -0.4 is 11.1 Å². The van der Waals surface area contributed by atoms with Gasteiger partial charge in [-0.15, -0.1) is 0 Å².